The first kappa shape index (κ1) is 6.94. The molecular formula is C12H16. The summed E-state index contributed by atoms with van der Waals surface area (Å²) >= 11 is 0. The van der Waals surface area contributed by atoms with Crippen LogP contribution in [-0.2, 0) is 0 Å². The lowest BCUT2D eigenvalue weighted by Gasteiger charge is -2.36. The molecule has 0 heterocycles. The fraction of sp³-hybridized carbons (Fsp3) is 0.667. The Bertz CT molecular complexity index is 261. The first-order chi connectivity index (χ1) is 5.87. The predicted octanol–water partition coefficient (Wildman–Crippen LogP) is 3.16. The Labute approximate surface area is 74.4 Å². The Kier molecular flexibility index (Phi) is 1.18. The van der Waals surface area contributed by atoms with Crippen LogP contribution in [0.5, 0.6) is 0 Å². The quantitative estimate of drug-likeness (QED) is 0.517. The van der Waals surface area contributed by atoms with Crippen LogP contribution in [0.1, 0.15) is 26.2 Å². The van der Waals surface area contributed by atoms with E-state index in [4.69, 9.17) is 0 Å². The molecule has 0 aliphatic heterocycles. The number of rotatable bonds is 1. The first-order valence-electron chi connectivity index (χ1n) is 5.22. The molecule has 1 fully saturated rings. The van der Waals surface area contributed by atoms with Crippen molar-refractivity contribution in [3.8, 4) is 0 Å². The topological polar surface area (TPSA) is 0 Å². The maximum Gasteiger partial charge on any atom is -0.0105 e. The van der Waals surface area contributed by atoms with Crippen molar-refractivity contribution in [3.05, 3.63) is 24.3 Å². The molecule has 12 heavy (non-hydrogen) atoms. The van der Waals surface area contributed by atoms with Gasteiger partial charge in [0.25, 0.3) is 0 Å². The van der Waals surface area contributed by atoms with Crippen LogP contribution in [0.25, 0.3) is 0 Å². The standard InChI is InChI=1S/C12H16/c1-2-12-7-3-4-11(12)9-5-6-10(12)8-9/h3-6,9-11H,2,7-8H2,1H3. The molecular weight excluding hydrogens is 144 g/mol. The van der Waals surface area contributed by atoms with E-state index in [-0.39, 0.29) is 0 Å². The second-order valence-electron chi connectivity index (χ2n) is 4.64. The zero-order chi connectivity index (χ0) is 8.18. The fourth-order valence-corrected chi connectivity index (χ4v) is 3.79. The molecule has 64 valence electrons. The van der Waals surface area contributed by atoms with Crippen LogP contribution in [0.15, 0.2) is 24.3 Å². The molecule has 0 radical (unpaired) electrons. The van der Waals surface area contributed by atoms with Crippen LogP contribution in [0, 0.1) is 23.2 Å². The molecule has 0 aromatic heterocycles. The summed E-state index contributed by atoms with van der Waals surface area (Å²) in [5.41, 5.74) is 0.666. The third-order valence-corrected chi connectivity index (χ3v) is 4.48. The predicted molar refractivity (Wildman–Crippen MR) is 50.7 cm³/mol. The average molecular weight is 160 g/mol. The minimum Gasteiger partial charge on any atom is -0.0876 e. The molecule has 1 saturated carbocycles. The minimum atomic E-state index is 0.666. The highest BCUT2D eigenvalue weighted by Crippen LogP contribution is 2.62. The van der Waals surface area contributed by atoms with Crippen molar-refractivity contribution < 1.29 is 0 Å². The van der Waals surface area contributed by atoms with Gasteiger partial charge in [0.2, 0.25) is 0 Å². The van der Waals surface area contributed by atoms with E-state index in [1.807, 2.05) is 0 Å². The van der Waals surface area contributed by atoms with Crippen LogP contribution in [0.2, 0.25) is 0 Å². The third kappa shape index (κ3) is 0.573. The second kappa shape index (κ2) is 2.04. The Balaban J connectivity index is 2.07. The molecule has 0 N–H and O–H groups in total. The van der Waals surface area contributed by atoms with Crippen LogP contribution >= 0.6 is 0 Å². The van der Waals surface area contributed by atoms with E-state index in [9.17, 15) is 0 Å². The van der Waals surface area contributed by atoms with Gasteiger partial charge in [0.1, 0.15) is 0 Å². The molecule has 2 bridgehead atoms. The van der Waals surface area contributed by atoms with Crippen molar-refractivity contribution in [1.82, 2.24) is 0 Å². The van der Waals surface area contributed by atoms with Gasteiger partial charge in [-0.25, -0.2) is 0 Å². The molecule has 3 aliphatic rings. The molecule has 4 atom stereocenters. The Morgan fingerprint density at radius 1 is 1.33 bits per heavy atom. The number of hydrogen-bond acceptors (Lipinski definition) is 0. The van der Waals surface area contributed by atoms with Crippen molar-refractivity contribution in [2.45, 2.75) is 26.2 Å². The molecule has 0 aromatic rings. The van der Waals surface area contributed by atoms with Crippen LogP contribution in [-0.4, -0.2) is 0 Å². The highest BCUT2D eigenvalue weighted by atomic mass is 14.6. The number of allylic oxidation sites excluding steroid dienone is 4. The summed E-state index contributed by atoms with van der Waals surface area (Å²) in [7, 11) is 0. The number of fused-ring (bicyclic) bond motifs is 5. The summed E-state index contributed by atoms with van der Waals surface area (Å²) in [6.07, 6.45) is 14.0. The van der Waals surface area contributed by atoms with E-state index >= 15 is 0 Å². The van der Waals surface area contributed by atoms with Crippen LogP contribution in [0.4, 0.5) is 0 Å². The third-order valence-electron chi connectivity index (χ3n) is 4.48. The van der Waals surface area contributed by atoms with Gasteiger partial charge in [-0.3, -0.25) is 0 Å². The van der Waals surface area contributed by atoms with Crippen molar-refractivity contribution in [2.24, 2.45) is 23.2 Å². The molecule has 3 aliphatic carbocycles. The van der Waals surface area contributed by atoms with E-state index in [1.165, 1.54) is 19.3 Å². The smallest absolute Gasteiger partial charge is 0.0105 e. The summed E-state index contributed by atoms with van der Waals surface area (Å²) in [5.74, 6) is 2.71. The maximum atomic E-state index is 2.48. The zero-order valence-corrected chi connectivity index (χ0v) is 7.66. The van der Waals surface area contributed by atoms with Crippen LogP contribution in [0.3, 0.4) is 0 Å². The molecule has 0 heteroatoms. The van der Waals surface area contributed by atoms with Gasteiger partial charge in [0, 0.05) is 0 Å². The summed E-state index contributed by atoms with van der Waals surface area (Å²) in [5, 5.41) is 0. The Morgan fingerprint density at radius 3 is 3.00 bits per heavy atom. The van der Waals surface area contributed by atoms with E-state index in [0.29, 0.717) is 5.41 Å². The number of hydrogen-bond donors (Lipinski definition) is 0. The van der Waals surface area contributed by atoms with E-state index < -0.39 is 0 Å². The van der Waals surface area contributed by atoms with Gasteiger partial charge in [-0.1, -0.05) is 31.2 Å². The molecule has 0 aromatic carbocycles. The molecule has 4 unspecified atom stereocenters. The Morgan fingerprint density at radius 2 is 2.25 bits per heavy atom. The lowest BCUT2D eigenvalue weighted by Crippen LogP contribution is -2.29. The van der Waals surface area contributed by atoms with Gasteiger partial charge in [0.15, 0.2) is 0 Å². The van der Waals surface area contributed by atoms with Crippen molar-refractivity contribution >= 4 is 0 Å². The first-order valence-corrected chi connectivity index (χ1v) is 5.22. The lowest BCUT2D eigenvalue weighted by molar-refractivity contribution is 0.184. The minimum absolute atomic E-state index is 0.666. The maximum absolute atomic E-state index is 2.48. The second-order valence-corrected chi connectivity index (χ2v) is 4.64. The van der Waals surface area contributed by atoms with E-state index in [2.05, 4.69) is 31.2 Å². The highest BCUT2D eigenvalue weighted by molar-refractivity contribution is 5.27. The molecule has 0 spiro atoms. The van der Waals surface area contributed by atoms with Gasteiger partial charge in [-0.15, -0.1) is 0 Å². The molecule has 0 nitrogen and oxygen atoms in total. The summed E-state index contributed by atoms with van der Waals surface area (Å²) < 4.78 is 0. The highest BCUT2D eigenvalue weighted by Gasteiger charge is 2.54. The van der Waals surface area contributed by atoms with Crippen molar-refractivity contribution in [2.75, 3.05) is 0 Å². The van der Waals surface area contributed by atoms with Gasteiger partial charge < -0.3 is 0 Å². The normalized spacial score (nSPS) is 53.6. The summed E-state index contributed by atoms with van der Waals surface area (Å²) in [4.78, 5) is 0. The fourth-order valence-electron chi connectivity index (χ4n) is 3.79. The van der Waals surface area contributed by atoms with Crippen LogP contribution < -0.4 is 0 Å². The lowest BCUT2D eigenvalue weighted by atomic mass is 9.68. The SMILES string of the molecule is CCC12CC=CC1C1C=CC2C1. The monoisotopic (exact) mass is 160 g/mol. The average Bonchev–Trinajstić information content (AvgIpc) is 2.76. The van der Waals surface area contributed by atoms with Gasteiger partial charge >= 0.3 is 0 Å². The molecule has 3 rings (SSSR count). The van der Waals surface area contributed by atoms with Crippen molar-refractivity contribution in [1.29, 1.82) is 0 Å². The van der Waals surface area contributed by atoms with E-state index in [1.54, 1.807) is 0 Å². The molecule has 0 saturated heterocycles. The van der Waals surface area contributed by atoms with Gasteiger partial charge in [0.05, 0.1) is 0 Å². The van der Waals surface area contributed by atoms with Gasteiger partial charge in [-0.05, 0) is 42.4 Å². The summed E-state index contributed by atoms with van der Waals surface area (Å²) in [6.45, 7) is 2.37. The summed E-state index contributed by atoms with van der Waals surface area (Å²) in [6, 6.07) is 0. The van der Waals surface area contributed by atoms with Gasteiger partial charge in [-0.2, -0.15) is 0 Å². The Hall–Kier alpha value is -0.520. The largest absolute Gasteiger partial charge is 0.0876 e. The van der Waals surface area contributed by atoms with E-state index in [0.717, 1.165) is 17.8 Å². The molecule has 0 amide bonds. The zero-order valence-electron chi connectivity index (χ0n) is 7.66. The van der Waals surface area contributed by atoms with Crippen molar-refractivity contribution in [3.63, 3.8) is 0 Å².